The first kappa shape index (κ1) is 16.3. The van der Waals surface area contributed by atoms with Gasteiger partial charge in [0.1, 0.15) is 36.9 Å². The summed E-state index contributed by atoms with van der Waals surface area (Å²) in [6.45, 7) is 6.61. The van der Waals surface area contributed by atoms with Crippen molar-refractivity contribution >= 4 is 10.8 Å². The SMILES string of the molecule is Cc1cc2c(cc1OCC1CO1)-c1cc(OCC3CO3)c(C)cc1S2=O. The highest BCUT2D eigenvalue weighted by Gasteiger charge is 2.30. The lowest BCUT2D eigenvalue weighted by Crippen LogP contribution is -2.05. The average Bonchev–Trinajstić information content (AvgIpc) is 3.53. The largest absolute Gasteiger partial charge is 0.490 e. The van der Waals surface area contributed by atoms with Crippen LogP contribution in [0.2, 0.25) is 0 Å². The minimum absolute atomic E-state index is 0.205. The van der Waals surface area contributed by atoms with E-state index in [0.717, 1.165) is 56.8 Å². The second kappa shape index (κ2) is 6.08. The van der Waals surface area contributed by atoms with Gasteiger partial charge in [-0.3, -0.25) is 0 Å². The number of benzene rings is 2. The molecule has 2 aromatic carbocycles. The van der Waals surface area contributed by atoms with Gasteiger partial charge in [-0.2, -0.15) is 0 Å². The zero-order chi connectivity index (χ0) is 17.8. The van der Waals surface area contributed by atoms with E-state index in [1.165, 1.54) is 0 Å². The fraction of sp³-hybridized carbons (Fsp3) is 0.400. The Morgan fingerprint density at radius 2 is 1.31 bits per heavy atom. The summed E-state index contributed by atoms with van der Waals surface area (Å²) < 4.78 is 35.2. The van der Waals surface area contributed by atoms with Crippen molar-refractivity contribution in [2.45, 2.75) is 35.8 Å². The third kappa shape index (κ3) is 2.92. The van der Waals surface area contributed by atoms with Gasteiger partial charge in [-0.15, -0.1) is 0 Å². The molecule has 2 unspecified atom stereocenters. The van der Waals surface area contributed by atoms with Crippen molar-refractivity contribution in [3.8, 4) is 22.6 Å². The van der Waals surface area contributed by atoms with E-state index in [-0.39, 0.29) is 12.2 Å². The summed E-state index contributed by atoms with van der Waals surface area (Å²) in [5, 5.41) is 0. The second-order valence-corrected chi connectivity index (χ2v) is 8.45. The highest BCUT2D eigenvalue weighted by atomic mass is 32.2. The van der Waals surface area contributed by atoms with Crippen LogP contribution in [0.15, 0.2) is 34.1 Å². The zero-order valence-corrected chi connectivity index (χ0v) is 15.6. The molecule has 0 aliphatic carbocycles. The summed E-state index contributed by atoms with van der Waals surface area (Å²) in [6, 6.07) is 7.95. The van der Waals surface area contributed by atoms with Gasteiger partial charge in [-0.25, -0.2) is 4.21 Å². The molecule has 3 heterocycles. The molecule has 5 nitrogen and oxygen atoms in total. The Balaban J connectivity index is 1.51. The molecule has 3 aliphatic heterocycles. The van der Waals surface area contributed by atoms with Crippen LogP contribution in [0.4, 0.5) is 0 Å². The van der Waals surface area contributed by atoms with Crippen LogP contribution >= 0.6 is 0 Å². The van der Waals surface area contributed by atoms with E-state index in [2.05, 4.69) is 0 Å². The molecule has 0 bridgehead atoms. The molecule has 0 N–H and O–H groups in total. The molecular formula is C20H20O5S. The van der Waals surface area contributed by atoms with Gasteiger partial charge >= 0.3 is 0 Å². The van der Waals surface area contributed by atoms with Crippen molar-refractivity contribution in [3.05, 3.63) is 35.4 Å². The second-order valence-electron chi connectivity index (χ2n) is 7.03. The van der Waals surface area contributed by atoms with Crippen LogP contribution in [0.1, 0.15) is 11.1 Å². The monoisotopic (exact) mass is 372 g/mol. The van der Waals surface area contributed by atoms with Gasteiger partial charge in [0.05, 0.1) is 33.8 Å². The Morgan fingerprint density at radius 1 is 0.885 bits per heavy atom. The summed E-state index contributed by atoms with van der Waals surface area (Å²) >= 11 is 0. The summed E-state index contributed by atoms with van der Waals surface area (Å²) in [5.41, 5.74) is 3.90. The van der Waals surface area contributed by atoms with Crippen LogP contribution < -0.4 is 9.47 Å². The number of aryl methyl sites for hydroxylation is 2. The van der Waals surface area contributed by atoms with Crippen molar-refractivity contribution in [3.63, 3.8) is 0 Å². The molecule has 0 amide bonds. The van der Waals surface area contributed by atoms with E-state index in [1.807, 2.05) is 38.1 Å². The number of epoxide rings is 2. The Hall–Kier alpha value is -1.89. The molecular weight excluding hydrogens is 352 g/mol. The van der Waals surface area contributed by atoms with Crippen molar-refractivity contribution < 1.29 is 23.2 Å². The number of fused-ring (bicyclic) bond motifs is 3. The number of hydrogen-bond acceptors (Lipinski definition) is 5. The summed E-state index contributed by atoms with van der Waals surface area (Å²) in [6.07, 6.45) is 0.410. The minimum atomic E-state index is -1.17. The average molecular weight is 372 g/mol. The van der Waals surface area contributed by atoms with E-state index >= 15 is 0 Å². The molecule has 0 spiro atoms. The predicted molar refractivity (Wildman–Crippen MR) is 96.5 cm³/mol. The molecule has 0 saturated carbocycles. The zero-order valence-electron chi connectivity index (χ0n) is 14.7. The van der Waals surface area contributed by atoms with Crippen LogP contribution in [0.3, 0.4) is 0 Å². The van der Waals surface area contributed by atoms with Crippen molar-refractivity contribution in [1.29, 1.82) is 0 Å². The highest BCUT2D eigenvalue weighted by Crippen LogP contribution is 2.46. The molecule has 2 aromatic rings. The Bertz CT molecular complexity index is 841. The van der Waals surface area contributed by atoms with Gasteiger partial charge in [0, 0.05) is 11.1 Å². The molecule has 0 aromatic heterocycles. The van der Waals surface area contributed by atoms with Gasteiger partial charge in [-0.1, -0.05) is 0 Å². The molecule has 5 rings (SSSR count). The van der Waals surface area contributed by atoms with E-state index in [0.29, 0.717) is 13.2 Å². The number of hydrogen-bond donors (Lipinski definition) is 0. The molecule has 2 saturated heterocycles. The standard InChI is InChI=1S/C20H20O5S/c1-11-3-19-15(5-17(11)24-9-13-7-22-13)16-6-18(25-10-14-8-23-14)12(2)4-20(16)26(19)21/h3-6,13-14H,7-10H2,1-2H3. The molecule has 0 radical (unpaired) electrons. The van der Waals surface area contributed by atoms with Crippen molar-refractivity contribution in [1.82, 2.24) is 0 Å². The third-order valence-electron chi connectivity index (χ3n) is 4.90. The maximum absolute atomic E-state index is 13.0. The quantitative estimate of drug-likeness (QED) is 0.623. The lowest BCUT2D eigenvalue weighted by molar-refractivity contribution is 0.261. The molecule has 2 atom stereocenters. The first-order chi connectivity index (χ1) is 12.6. The van der Waals surface area contributed by atoms with Gasteiger partial charge in [-0.05, 0) is 49.2 Å². The minimum Gasteiger partial charge on any atom is -0.490 e. The topological polar surface area (TPSA) is 60.6 Å². The molecule has 2 fully saturated rings. The van der Waals surface area contributed by atoms with Gasteiger partial charge in [0.2, 0.25) is 0 Å². The third-order valence-corrected chi connectivity index (χ3v) is 6.37. The lowest BCUT2D eigenvalue weighted by atomic mass is 10.0. The fourth-order valence-electron chi connectivity index (χ4n) is 3.17. The van der Waals surface area contributed by atoms with Gasteiger partial charge in [0.15, 0.2) is 0 Å². The normalized spacial score (nSPS) is 24.8. The van der Waals surface area contributed by atoms with Crippen LogP contribution in [0.25, 0.3) is 11.1 Å². The van der Waals surface area contributed by atoms with Crippen LogP contribution in [0, 0.1) is 13.8 Å². The fourth-order valence-corrected chi connectivity index (χ4v) is 4.72. The Morgan fingerprint density at radius 3 is 1.69 bits per heavy atom. The van der Waals surface area contributed by atoms with Gasteiger partial charge in [0.25, 0.3) is 0 Å². The van der Waals surface area contributed by atoms with Crippen LogP contribution in [-0.4, -0.2) is 42.8 Å². The van der Waals surface area contributed by atoms with E-state index in [9.17, 15) is 4.21 Å². The van der Waals surface area contributed by atoms with E-state index in [1.54, 1.807) is 0 Å². The Kier molecular flexibility index (Phi) is 3.81. The van der Waals surface area contributed by atoms with Crippen molar-refractivity contribution in [2.75, 3.05) is 26.4 Å². The van der Waals surface area contributed by atoms with Crippen LogP contribution in [-0.2, 0) is 20.3 Å². The van der Waals surface area contributed by atoms with E-state index < -0.39 is 10.8 Å². The van der Waals surface area contributed by atoms with Crippen molar-refractivity contribution in [2.24, 2.45) is 0 Å². The smallest absolute Gasteiger partial charge is 0.123 e. The first-order valence-electron chi connectivity index (χ1n) is 8.80. The summed E-state index contributed by atoms with van der Waals surface area (Å²) in [4.78, 5) is 1.68. The van der Waals surface area contributed by atoms with Gasteiger partial charge < -0.3 is 18.9 Å². The molecule has 136 valence electrons. The summed E-state index contributed by atoms with van der Waals surface area (Å²) in [7, 11) is -1.17. The summed E-state index contributed by atoms with van der Waals surface area (Å²) in [5.74, 6) is 1.64. The number of rotatable bonds is 6. The highest BCUT2D eigenvalue weighted by molar-refractivity contribution is 7.85. The first-order valence-corrected chi connectivity index (χ1v) is 9.95. The Labute approximate surface area is 154 Å². The number of ether oxygens (including phenoxy) is 4. The maximum atomic E-state index is 13.0. The van der Waals surface area contributed by atoms with E-state index in [4.69, 9.17) is 18.9 Å². The maximum Gasteiger partial charge on any atom is 0.123 e. The predicted octanol–water partition coefficient (Wildman–Crippen LogP) is 3.01. The molecule has 6 heteroatoms. The van der Waals surface area contributed by atoms with Crippen LogP contribution in [0.5, 0.6) is 11.5 Å². The lowest BCUT2D eigenvalue weighted by Gasteiger charge is -2.12. The molecule has 26 heavy (non-hydrogen) atoms. The molecule has 3 aliphatic rings.